The van der Waals surface area contributed by atoms with Gasteiger partial charge in [-0.05, 0) is 36.8 Å². The molecule has 7 heteroatoms. The second kappa shape index (κ2) is 6.58. The van der Waals surface area contributed by atoms with Crippen LogP contribution in [0.4, 0.5) is 24.5 Å². The summed E-state index contributed by atoms with van der Waals surface area (Å²) in [5.41, 5.74) is -0.200. The molecule has 1 N–H and O–H groups in total. The summed E-state index contributed by atoms with van der Waals surface area (Å²) in [4.78, 5) is 26.0. The zero-order valence-corrected chi connectivity index (χ0v) is 13.1. The van der Waals surface area contributed by atoms with E-state index in [1.807, 2.05) is 0 Å². The molecule has 25 heavy (non-hydrogen) atoms. The minimum absolute atomic E-state index is 0.0483. The molecule has 2 aromatic rings. The molecule has 0 aromatic heterocycles. The number of carbonyl (C=O) groups excluding carboxylic acids is 2. The van der Waals surface area contributed by atoms with Crippen molar-refractivity contribution in [3.63, 3.8) is 0 Å². The number of alkyl halides is 3. The number of hydrogen-bond donors (Lipinski definition) is 1. The Morgan fingerprint density at radius 1 is 1.08 bits per heavy atom. The average molecular weight is 348 g/mol. The lowest BCUT2D eigenvalue weighted by Gasteiger charge is -2.24. The van der Waals surface area contributed by atoms with Crippen LogP contribution in [0.1, 0.15) is 18.4 Å². The van der Waals surface area contributed by atoms with E-state index < -0.39 is 23.7 Å². The first-order chi connectivity index (χ1) is 11.9. The molecule has 1 heterocycles. The molecule has 1 saturated heterocycles. The predicted octanol–water partition coefficient (Wildman–Crippen LogP) is 3.84. The highest BCUT2D eigenvalue weighted by Crippen LogP contribution is 2.31. The number of halogens is 3. The molecule has 4 nitrogen and oxygen atoms in total. The maximum absolute atomic E-state index is 12.8. The molecule has 1 atom stereocenters. The second-order valence-corrected chi connectivity index (χ2v) is 5.72. The van der Waals surface area contributed by atoms with Crippen LogP contribution in [0, 0.1) is 0 Å². The first-order valence-corrected chi connectivity index (χ1v) is 7.71. The first kappa shape index (κ1) is 17.0. The second-order valence-electron chi connectivity index (χ2n) is 5.72. The van der Waals surface area contributed by atoms with E-state index >= 15 is 0 Å². The molecule has 0 saturated carbocycles. The summed E-state index contributed by atoms with van der Waals surface area (Å²) in [5, 5.41) is 2.48. The zero-order valence-electron chi connectivity index (χ0n) is 13.1. The number of nitrogens with one attached hydrogen (secondary N) is 1. The highest BCUT2D eigenvalue weighted by Gasteiger charge is 2.37. The Balaban J connectivity index is 1.80. The Hall–Kier alpha value is -2.83. The van der Waals surface area contributed by atoms with Crippen molar-refractivity contribution in [2.75, 3.05) is 10.2 Å². The Kier molecular flexibility index (Phi) is 4.48. The SMILES string of the molecule is O=C(Nc1cccc(C(F)(F)F)c1)C1CCC(=O)N1c1ccccc1. The van der Waals surface area contributed by atoms with Gasteiger partial charge in [-0.1, -0.05) is 24.3 Å². The number of amides is 2. The van der Waals surface area contributed by atoms with Gasteiger partial charge in [-0.25, -0.2) is 0 Å². The molecule has 0 spiro atoms. The van der Waals surface area contributed by atoms with E-state index in [1.165, 1.54) is 17.0 Å². The van der Waals surface area contributed by atoms with E-state index in [4.69, 9.17) is 0 Å². The quantitative estimate of drug-likeness (QED) is 0.916. The van der Waals surface area contributed by atoms with Crippen molar-refractivity contribution in [2.24, 2.45) is 0 Å². The summed E-state index contributed by atoms with van der Waals surface area (Å²) in [6.45, 7) is 0. The molecule has 130 valence electrons. The van der Waals surface area contributed by atoms with Crippen molar-refractivity contribution in [1.29, 1.82) is 0 Å². The van der Waals surface area contributed by atoms with Gasteiger partial charge in [0.2, 0.25) is 11.8 Å². The monoisotopic (exact) mass is 348 g/mol. The third-order valence-electron chi connectivity index (χ3n) is 4.01. The Morgan fingerprint density at radius 3 is 2.48 bits per heavy atom. The van der Waals surface area contributed by atoms with E-state index in [0.717, 1.165) is 12.1 Å². The van der Waals surface area contributed by atoms with Crippen LogP contribution in [0.5, 0.6) is 0 Å². The molecular formula is C18H15F3N2O2. The van der Waals surface area contributed by atoms with E-state index in [-0.39, 0.29) is 18.0 Å². The largest absolute Gasteiger partial charge is 0.416 e. The van der Waals surface area contributed by atoms with E-state index in [0.29, 0.717) is 12.1 Å². The van der Waals surface area contributed by atoms with Crippen LogP contribution >= 0.6 is 0 Å². The minimum atomic E-state index is -4.49. The normalized spacial score (nSPS) is 17.6. The highest BCUT2D eigenvalue weighted by molar-refractivity contribution is 6.07. The molecule has 1 aliphatic rings. The number of rotatable bonds is 3. The van der Waals surface area contributed by atoms with Crippen molar-refractivity contribution in [3.8, 4) is 0 Å². The third kappa shape index (κ3) is 3.65. The summed E-state index contributed by atoms with van der Waals surface area (Å²) >= 11 is 0. The fraction of sp³-hybridized carbons (Fsp3) is 0.222. The highest BCUT2D eigenvalue weighted by atomic mass is 19.4. The van der Waals surface area contributed by atoms with E-state index in [1.54, 1.807) is 30.3 Å². The number of anilines is 2. The third-order valence-corrected chi connectivity index (χ3v) is 4.01. The lowest BCUT2D eigenvalue weighted by molar-refractivity contribution is -0.137. The minimum Gasteiger partial charge on any atom is -0.324 e. The van der Waals surface area contributed by atoms with Gasteiger partial charge in [0, 0.05) is 17.8 Å². The van der Waals surface area contributed by atoms with Gasteiger partial charge in [0.25, 0.3) is 0 Å². The van der Waals surface area contributed by atoms with Crippen LogP contribution < -0.4 is 10.2 Å². The lowest BCUT2D eigenvalue weighted by Crippen LogP contribution is -2.41. The molecule has 1 unspecified atom stereocenters. The summed E-state index contributed by atoms with van der Waals surface area (Å²) < 4.78 is 38.3. The molecule has 0 bridgehead atoms. The van der Waals surface area contributed by atoms with Crippen LogP contribution in [0.15, 0.2) is 54.6 Å². The first-order valence-electron chi connectivity index (χ1n) is 7.71. The van der Waals surface area contributed by atoms with Crippen LogP contribution in [0.25, 0.3) is 0 Å². The summed E-state index contributed by atoms with van der Waals surface area (Å²) in [5.74, 6) is -0.690. The maximum Gasteiger partial charge on any atom is 0.416 e. The topological polar surface area (TPSA) is 49.4 Å². The van der Waals surface area contributed by atoms with Crippen molar-refractivity contribution >= 4 is 23.2 Å². The summed E-state index contributed by atoms with van der Waals surface area (Å²) in [7, 11) is 0. The predicted molar refractivity (Wildman–Crippen MR) is 87.0 cm³/mol. The van der Waals surface area contributed by atoms with Gasteiger partial charge in [-0.3, -0.25) is 14.5 Å². The maximum atomic E-state index is 12.8. The van der Waals surface area contributed by atoms with Gasteiger partial charge in [-0.15, -0.1) is 0 Å². The van der Waals surface area contributed by atoms with Crippen LogP contribution in [0.2, 0.25) is 0 Å². The summed E-state index contributed by atoms with van der Waals surface area (Å²) in [6.07, 6.45) is -3.95. The molecule has 1 fully saturated rings. The van der Waals surface area contributed by atoms with Crippen molar-refractivity contribution < 1.29 is 22.8 Å². The molecule has 3 rings (SSSR count). The van der Waals surface area contributed by atoms with Gasteiger partial charge in [0.15, 0.2) is 0 Å². The van der Waals surface area contributed by atoms with E-state index in [2.05, 4.69) is 5.32 Å². The fourth-order valence-electron chi connectivity index (χ4n) is 2.84. The zero-order chi connectivity index (χ0) is 18.0. The fourth-order valence-corrected chi connectivity index (χ4v) is 2.84. The van der Waals surface area contributed by atoms with Crippen molar-refractivity contribution in [3.05, 3.63) is 60.2 Å². The van der Waals surface area contributed by atoms with Crippen LogP contribution in [0.3, 0.4) is 0 Å². The van der Waals surface area contributed by atoms with E-state index in [9.17, 15) is 22.8 Å². The lowest BCUT2D eigenvalue weighted by atomic mass is 10.1. The Morgan fingerprint density at radius 2 is 1.80 bits per heavy atom. The van der Waals surface area contributed by atoms with Crippen LogP contribution in [-0.4, -0.2) is 17.9 Å². The number of benzene rings is 2. The smallest absolute Gasteiger partial charge is 0.324 e. The number of para-hydroxylation sites is 1. The van der Waals surface area contributed by atoms with Gasteiger partial charge in [0.05, 0.1) is 5.56 Å². The summed E-state index contributed by atoms with van der Waals surface area (Å²) in [6, 6.07) is 12.4. The van der Waals surface area contributed by atoms with Gasteiger partial charge >= 0.3 is 6.18 Å². The van der Waals surface area contributed by atoms with Gasteiger partial charge in [-0.2, -0.15) is 13.2 Å². The average Bonchev–Trinajstić information content (AvgIpc) is 2.97. The molecule has 0 radical (unpaired) electrons. The number of carbonyl (C=O) groups is 2. The molecule has 2 amide bonds. The number of nitrogens with zero attached hydrogens (tertiary/aromatic N) is 1. The Bertz CT molecular complexity index is 790. The van der Waals surface area contributed by atoms with Gasteiger partial charge < -0.3 is 5.32 Å². The van der Waals surface area contributed by atoms with Crippen LogP contribution in [-0.2, 0) is 15.8 Å². The Labute approximate surface area is 142 Å². The molecule has 1 aliphatic heterocycles. The molecule has 2 aromatic carbocycles. The van der Waals surface area contributed by atoms with Gasteiger partial charge in [0.1, 0.15) is 6.04 Å². The van der Waals surface area contributed by atoms with Crippen molar-refractivity contribution in [1.82, 2.24) is 0 Å². The molecule has 0 aliphatic carbocycles. The van der Waals surface area contributed by atoms with Crippen molar-refractivity contribution in [2.45, 2.75) is 25.1 Å². The number of hydrogen-bond acceptors (Lipinski definition) is 2. The standard InChI is InChI=1S/C18H15F3N2O2/c19-18(20,21)12-5-4-6-13(11-12)22-17(25)15-9-10-16(24)23(15)14-7-2-1-3-8-14/h1-8,11,15H,9-10H2,(H,22,25). The molecular weight excluding hydrogens is 333 g/mol.